The smallest absolute Gasteiger partial charge is 0.311 e. The second kappa shape index (κ2) is 5.29. The molecular formula is C9H7BrF3NO2. The summed E-state index contributed by atoms with van der Waals surface area (Å²) in [4.78, 5) is 14.4. The van der Waals surface area contributed by atoms with Gasteiger partial charge < -0.3 is 4.74 Å². The number of carbonyl (C=O) groups excluding carboxylic acids is 1. The van der Waals surface area contributed by atoms with Crippen LogP contribution < -0.4 is 0 Å². The van der Waals surface area contributed by atoms with Crippen LogP contribution in [0.4, 0.5) is 13.2 Å². The van der Waals surface area contributed by atoms with Crippen molar-refractivity contribution in [2.24, 2.45) is 0 Å². The molecule has 0 fully saturated rings. The molecule has 88 valence electrons. The van der Waals surface area contributed by atoms with Crippen LogP contribution in [0.2, 0.25) is 0 Å². The van der Waals surface area contributed by atoms with Crippen LogP contribution in [0.1, 0.15) is 17.7 Å². The molecule has 0 spiro atoms. The predicted molar refractivity (Wildman–Crippen MR) is 52.6 cm³/mol. The first-order chi connectivity index (χ1) is 7.45. The van der Waals surface area contributed by atoms with Gasteiger partial charge in [0, 0.05) is 0 Å². The Bertz CT molecular complexity index is 412. The summed E-state index contributed by atoms with van der Waals surface area (Å²) < 4.78 is 42.1. The van der Waals surface area contributed by atoms with Gasteiger partial charge in [-0.2, -0.15) is 0 Å². The zero-order chi connectivity index (χ0) is 12.3. The van der Waals surface area contributed by atoms with Crippen LogP contribution in [-0.2, 0) is 16.0 Å². The van der Waals surface area contributed by atoms with Gasteiger partial charge in [0.15, 0.2) is 0 Å². The maximum absolute atomic E-state index is 13.3. The van der Waals surface area contributed by atoms with Crippen molar-refractivity contribution >= 4 is 21.9 Å². The maximum atomic E-state index is 13.3. The van der Waals surface area contributed by atoms with Gasteiger partial charge in [0.1, 0.15) is 10.4 Å². The highest BCUT2D eigenvalue weighted by atomic mass is 79.9. The lowest BCUT2D eigenvalue weighted by molar-refractivity contribution is -0.139. The molecule has 0 radical (unpaired) electrons. The third kappa shape index (κ3) is 2.94. The molecule has 1 aromatic rings. The quantitative estimate of drug-likeness (QED) is 0.636. The molecule has 0 aliphatic heterocycles. The van der Waals surface area contributed by atoms with Crippen LogP contribution in [0.15, 0.2) is 10.7 Å². The predicted octanol–water partition coefficient (Wildman–Crippen LogP) is 2.64. The van der Waals surface area contributed by atoms with Gasteiger partial charge in [-0.15, -0.1) is 0 Å². The minimum absolute atomic E-state index is 0.178. The molecule has 1 heterocycles. The number of esters is 1. The SMILES string of the molecule is COC(=O)Cc1nc(Br)c(C(F)F)cc1F. The number of rotatable bonds is 3. The number of aromatic nitrogens is 1. The molecule has 0 atom stereocenters. The first-order valence-corrected chi connectivity index (χ1v) is 4.94. The van der Waals surface area contributed by atoms with Crippen LogP contribution in [0, 0.1) is 5.82 Å². The summed E-state index contributed by atoms with van der Waals surface area (Å²) in [5, 5.41) is 0. The molecule has 0 unspecified atom stereocenters. The van der Waals surface area contributed by atoms with E-state index in [0.717, 1.165) is 7.11 Å². The standard InChI is InChI=1S/C9H7BrF3NO2/c1-16-7(15)3-6-5(11)2-4(9(12)13)8(10)14-6/h2,9H,3H2,1H3. The van der Waals surface area contributed by atoms with E-state index in [1.807, 2.05) is 0 Å². The summed E-state index contributed by atoms with van der Waals surface area (Å²) in [5.41, 5.74) is -0.783. The van der Waals surface area contributed by atoms with Crippen LogP contribution in [0.5, 0.6) is 0 Å². The number of halogens is 4. The fourth-order valence-electron chi connectivity index (χ4n) is 1.00. The Morgan fingerprint density at radius 3 is 2.75 bits per heavy atom. The Hall–Kier alpha value is -1.11. The molecule has 3 nitrogen and oxygen atoms in total. The number of methoxy groups -OCH3 is 1. The van der Waals surface area contributed by atoms with Crippen molar-refractivity contribution in [3.05, 3.63) is 27.7 Å². The van der Waals surface area contributed by atoms with Gasteiger partial charge >= 0.3 is 5.97 Å². The van der Waals surface area contributed by atoms with Crippen LogP contribution >= 0.6 is 15.9 Å². The van der Waals surface area contributed by atoms with Crippen molar-refractivity contribution in [3.63, 3.8) is 0 Å². The lowest BCUT2D eigenvalue weighted by Gasteiger charge is -2.06. The summed E-state index contributed by atoms with van der Waals surface area (Å²) in [6, 6.07) is 0.653. The number of hydrogen-bond acceptors (Lipinski definition) is 3. The second-order valence-corrected chi connectivity index (χ2v) is 3.60. The molecule has 0 saturated heterocycles. The minimum Gasteiger partial charge on any atom is -0.469 e. The van der Waals surface area contributed by atoms with E-state index in [1.165, 1.54) is 0 Å². The Balaban J connectivity index is 3.05. The van der Waals surface area contributed by atoms with Crippen molar-refractivity contribution in [3.8, 4) is 0 Å². The number of nitrogens with zero attached hydrogens (tertiary/aromatic N) is 1. The van der Waals surface area contributed by atoms with E-state index in [2.05, 4.69) is 25.7 Å². The Kier molecular flexibility index (Phi) is 4.28. The summed E-state index contributed by atoms with van der Waals surface area (Å²) in [6.07, 6.45) is -3.23. The normalized spacial score (nSPS) is 10.6. The molecular weight excluding hydrogens is 291 g/mol. The topological polar surface area (TPSA) is 39.2 Å². The van der Waals surface area contributed by atoms with Crippen molar-refractivity contribution < 1.29 is 22.7 Å². The van der Waals surface area contributed by atoms with E-state index in [1.54, 1.807) is 0 Å². The van der Waals surface area contributed by atoms with Crippen LogP contribution in [0.3, 0.4) is 0 Å². The summed E-state index contributed by atoms with van der Waals surface area (Å²) in [6.45, 7) is 0. The largest absolute Gasteiger partial charge is 0.469 e. The summed E-state index contributed by atoms with van der Waals surface area (Å²) in [5.74, 6) is -1.65. The fourth-order valence-corrected chi connectivity index (χ4v) is 1.50. The average Bonchev–Trinajstić information content (AvgIpc) is 2.22. The van der Waals surface area contributed by atoms with E-state index in [4.69, 9.17) is 0 Å². The highest BCUT2D eigenvalue weighted by molar-refractivity contribution is 9.10. The molecule has 0 aromatic carbocycles. The molecule has 0 amide bonds. The molecule has 1 rings (SSSR count). The lowest BCUT2D eigenvalue weighted by Crippen LogP contribution is -2.09. The Labute approximate surface area is 97.8 Å². The van der Waals surface area contributed by atoms with E-state index in [0.29, 0.717) is 6.07 Å². The number of hydrogen-bond donors (Lipinski definition) is 0. The molecule has 0 aliphatic rings. The third-order valence-corrected chi connectivity index (χ3v) is 2.44. The Morgan fingerprint density at radius 1 is 1.62 bits per heavy atom. The van der Waals surface area contributed by atoms with Crippen molar-refractivity contribution in [1.82, 2.24) is 4.98 Å². The number of alkyl halides is 2. The van der Waals surface area contributed by atoms with Gasteiger partial charge in [-0.1, -0.05) is 0 Å². The number of pyridine rings is 1. The minimum atomic E-state index is -2.83. The van der Waals surface area contributed by atoms with Gasteiger partial charge in [0.25, 0.3) is 6.43 Å². The first-order valence-electron chi connectivity index (χ1n) is 4.15. The van der Waals surface area contributed by atoms with E-state index in [9.17, 15) is 18.0 Å². The van der Waals surface area contributed by atoms with Crippen molar-refractivity contribution in [1.29, 1.82) is 0 Å². The summed E-state index contributed by atoms with van der Waals surface area (Å²) in [7, 11) is 1.14. The highest BCUT2D eigenvalue weighted by Gasteiger charge is 2.18. The molecule has 0 N–H and O–H groups in total. The molecule has 1 aromatic heterocycles. The van der Waals surface area contributed by atoms with Gasteiger partial charge in [0.05, 0.1) is 24.8 Å². The van der Waals surface area contributed by atoms with Gasteiger partial charge in [0.2, 0.25) is 0 Å². The summed E-state index contributed by atoms with van der Waals surface area (Å²) >= 11 is 2.78. The van der Waals surface area contributed by atoms with E-state index < -0.39 is 30.2 Å². The highest BCUT2D eigenvalue weighted by Crippen LogP contribution is 2.27. The van der Waals surface area contributed by atoms with E-state index in [-0.39, 0.29) is 10.3 Å². The van der Waals surface area contributed by atoms with Crippen molar-refractivity contribution in [2.75, 3.05) is 7.11 Å². The second-order valence-electron chi connectivity index (χ2n) is 2.85. The van der Waals surface area contributed by atoms with Gasteiger partial charge in [-0.3, -0.25) is 4.79 Å². The zero-order valence-electron chi connectivity index (χ0n) is 8.14. The van der Waals surface area contributed by atoms with Crippen LogP contribution in [0.25, 0.3) is 0 Å². The third-order valence-electron chi connectivity index (χ3n) is 1.80. The van der Waals surface area contributed by atoms with Crippen LogP contribution in [-0.4, -0.2) is 18.1 Å². The zero-order valence-corrected chi connectivity index (χ0v) is 9.72. The fraction of sp³-hybridized carbons (Fsp3) is 0.333. The van der Waals surface area contributed by atoms with Crippen molar-refractivity contribution in [2.45, 2.75) is 12.8 Å². The van der Waals surface area contributed by atoms with Gasteiger partial charge in [-0.05, 0) is 22.0 Å². The molecule has 0 aliphatic carbocycles. The molecule has 16 heavy (non-hydrogen) atoms. The molecule has 0 bridgehead atoms. The molecule has 7 heteroatoms. The average molecular weight is 298 g/mol. The maximum Gasteiger partial charge on any atom is 0.311 e. The van der Waals surface area contributed by atoms with E-state index >= 15 is 0 Å². The Morgan fingerprint density at radius 2 is 2.25 bits per heavy atom. The monoisotopic (exact) mass is 297 g/mol. The number of carbonyl (C=O) groups is 1. The molecule has 0 saturated carbocycles. The lowest BCUT2D eigenvalue weighted by atomic mass is 10.2. The number of ether oxygens (including phenoxy) is 1. The van der Waals surface area contributed by atoms with Gasteiger partial charge in [-0.25, -0.2) is 18.2 Å². The first kappa shape index (κ1) is 13.0.